The van der Waals surface area contributed by atoms with Gasteiger partial charge in [0.2, 0.25) is 0 Å². The van der Waals surface area contributed by atoms with Gasteiger partial charge in [0.05, 0.1) is 5.69 Å². The van der Waals surface area contributed by atoms with E-state index >= 15 is 0 Å². The Morgan fingerprint density at radius 3 is 2.83 bits per heavy atom. The number of hydrogen-bond donors (Lipinski definition) is 1. The molecule has 1 unspecified atom stereocenters. The quantitative estimate of drug-likeness (QED) is 0.892. The van der Waals surface area contributed by atoms with Crippen LogP contribution >= 0.6 is 0 Å². The van der Waals surface area contributed by atoms with Crippen molar-refractivity contribution < 1.29 is 14.6 Å². The Labute approximate surface area is 107 Å². The molecule has 1 amide bonds. The van der Waals surface area contributed by atoms with Crippen LogP contribution in [0.15, 0.2) is 18.2 Å². The number of amides is 1. The number of fused-ring (bicyclic) bond motifs is 1. The molecule has 0 aliphatic carbocycles. The number of unbranched alkanes of at least 4 members (excludes halogenated alkanes) is 1. The van der Waals surface area contributed by atoms with E-state index in [2.05, 4.69) is 6.92 Å². The fourth-order valence-corrected chi connectivity index (χ4v) is 2.12. The van der Waals surface area contributed by atoms with Crippen molar-refractivity contribution in [2.75, 3.05) is 11.4 Å². The number of carbonyl (C=O) groups is 1. The van der Waals surface area contributed by atoms with Crippen LogP contribution in [0.5, 0.6) is 11.5 Å². The summed E-state index contributed by atoms with van der Waals surface area (Å²) < 4.78 is 5.66. The zero-order valence-electron chi connectivity index (χ0n) is 10.8. The molecule has 1 aromatic rings. The van der Waals surface area contributed by atoms with Crippen molar-refractivity contribution in [3.63, 3.8) is 0 Å². The maximum absolute atomic E-state index is 12.3. The molecule has 0 saturated heterocycles. The van der Waals surface area contributed by atoms with Crippen LogP contribution in [0.25, 0.3) is 0 Å². The molecule has 1 atom stereocenters. The first kappa shape index (κ1) is 12.7. The van der Waals surface area contributed by atoms with Gasteiger partial charge in [0.25, 0.3) is 5.91 Å². The Kier molecular flexibility index (Phi) is 3.75. The predicted molar refractivity (Wildman–Crippen MR) is 70.1 cm³/mol. The lowest BCUT2D eigenvalue weighted by molar-refractivity contribution is -0.126. The molecule has 1 heterocycles. The summed E-state index contributed by atoms with van der Waals surface area (Å²) in [6.45, 7) is 4.70. The monoisotopic (exact) mass is 249 g/mol. The topological polar surface area (TPSA) is 49.8 Å². The van der Waals surface area contributed by atoms with Crippen LogP contribution in [0, 0.1) is 0 Å². The minimum absolute atomic E-state index is 0.0101. The summed E-state index contributed by atoms with van der Waals surface area (Å²) in [5, 5.41) is 9.55. The van der Waals surface area contributed by atoms with Crippen LogP contribution < -0.4 is 9.64 Å². The lowest BCUT2D eigenvalue weighted by Gasteiger charge is -2.34. The van der Waals surface area contributed by atoms with Gasteiger partial charge in [-0.2, -0.15) is 0 Å². The Morgan fingerprint density at radius 1 is 1.39 bits per heavy atom. The van der Waals surface area contributed by atoms with Crippen molar-refractivity contribution >= 4 is 11.6 Å². The second kappa shape index (κ2) is 5.29. The highest BCUT2D eigenvalue weighted by molar-refractivity contribution is 6.00. The summed E-state index contributed by atoms with van der Waals surface area (Å²) >= 11 is 0. The molecule has 98 valence electrons. The van der Waals surface area contributed by atoms with E-state index in [0.717, 1.165) is 12.8 Å². The Balaban J connectivity index is 2.36. The van der Waals surface area contributed by atoms with Crippen LogP contribution in [0.2, 0.25) is 0 Å². The van der Waals surface area contributed by atoms with Gasteiger partial charge in [0, 0.05) is 12.6 Å². The third-order valence-electron chi connectivity index (χ3n) is 3.15. The normalized spacial score (nSPS) is 18.4. The molecule has 2 rings (SSSR count). The smallest absolute Gasteiger partial charge is 0.268 e. The fraction of sp³-hybridized carbons (Fsp3) is 0.500. The maximum Gasteiger partial charge on any atom is 0.268 e. The minimum atomic E-state index is -0.404. The number of ether oxygens (including phenoxy) is 1. The van der Waals surface area contributed by atoms with Gasteiger partial charge in [-0.3, -0.25) is 4.79 Å². The first-order valence-electron chi connectivity index (χ1n) is 6.48. The summed E-state index contributed by atoms with van der Waals surface area (Å²) in [6, 6.07) is 4.90. The Morgan fingerprint density at radius 2 is 2.17 bits per heavy atom. The van der Waals surface area contributed by atoms with Crippen LogP contribution in [0.4, 0.5) is 5.69 Å². The number of phenolic OH excluding ortho intramolecular Hbond substituents is 1. The van der Waals surface area contributed by atoms with E-state index in [-0.39, 0.29) is 11.7 Å². The van der Waals surface area contributed by atoms with Crippen molar-refractivity contribution in [3.05, 3.63) is 18.2 Å². The molecule has 4 nitrogen and oxygen atoms in total. The van der Waals surface area contributed by atoms with E-state index in [1.54, 1.807) is 23.1 Å². The number of carbonyl (C=O) groups excluding carboxylic acids is 1. The molecule has 1 aliphatic heterocycles. The third kappa shape index (κ3) is 2.28. The van der Waals surface area contributed by atoms with Gasteiger partial charge in [-0.05, 0) is 25.0 Å². The highest BCUT2D eigenvalue weighted by atomic mass is 16.5. The lowest BCUT2D eigenvalue weighted by Crippen LogP contribution is -2.46. The molecule has 0 bridgehead atoms. The number of phenols is 1. The molecule has 0 aromatic heterocycles. The number of aromatic hydroxyl groups is 1. The minimum Gasteiger partial charge on any atom is -0.508 e. The zero-order valence-corrected chi connectivity index (χ0v) is 10.8. The summed E-state index contributed by atoms with van der Waals surface area (Å²) in [5.41, 5.74) is 0.679. The van der Waals surface area contributed by atoms with Gasteiger partial charge < -0.3 is 14.7 Å². The first-order chi connectivity index (χ1) is 8.67. The molecule has 18 heavy (non-hydrogen) atoms. The summed E-state index contributed by atoms with van der Waals surface area (Å²) in [7, 11) is 0. The van der Waals surface area contributed by atoms with Crippen LogP contribution in [-0.4, -0.2) is 23.7 Å². The first-order valence-corrected chi connectivity index (χ1v) is 6.48. The fourth-order valence-electron chi connectivity index (χ4n) is 2.12. The molecule has 0 radical (unpaired) electrons. The second-order valence-corrected chi connectivity index (χ2v) is 4.51. The van der Waals surface area contributed by atoms with Crippen molar-refractivity contribution in [2.45, 2.75) is 39.2 Å². The van der Waals surface area contributed by atoms with Crippen LogP contribution in [0.3, 0.4) is 0 Å². The number of nitrogens with zero attached hydrogens (tertiary/aromatic N) is 1. The molecular weight excluding hydrogens is 230 g/mol. The van der Waals surface area contributed by atoms with E-state index in [9.17, 15) is 9.90 Å². The van der Waals surface area contributed by atoms with Crippen molar-refractivity contribution in [3.8, 4) is 11.5 Å². The highest BCUT2D eigenvalue weighted by Gasteiger charge is 2.32. The molecule has 1 N–H and O–H groups in total. The van der Waals surface area contributed by atoms with Gasteiger partial charge in [0.1, 0.15) is 11.5 Å². The zero-order chi connectivity index (χ0) is 13.1. The molecule has 4 heteroatoms. The standard InChI is InChI=1S/C14H19NO3/c1-3-5-8-15-11-9-10(16)6-7-13(11)18-12(4-2)14(15)17/h6-7,9,12,16H,3-5,8H2,1-2H3. The van der Waals surface area contributed by atoms with E-state index in [0.29, 0.717) is 24.4 Å². The summed E-state index contributed by atoms with van der Waals surface area (Å²) in [4.78, 5) is 14.0. The van der Waals surface area contributed by atoms with Crippen molar-refractivity contribution in [1.29, 1.82) is 0 Å². The van der Waals surface area contributed by atoms with Crippen LogP contribution in [0.1, 0.15) is 33.1 Å². The van der Waals surface area contributed by atoms with E-state index < -0.39 is 6.10 Å². The van der Waals surface area contributed by atoms with E-state index in [4.69, 9.17) is 4.74 Å². The Hall–Kier alpha value is -1.71. The SMILES string of the molecule is CCCCN1C(=O)C(CC)Oc2ccc(O)cc21. The second-order valence-electron chi connectivity index (χ2n) is 4.51. The number of benzene rings is 1. The van der Waals surface area contributed by atoms with Crippen molar-refractivity contribution in [2.24, 2.45) is 0 Å². The van der Waals surface area contributed by atoms with Gasteiger partial charge in [-0.25, -0.2) is 0 Å². The molecule has 0 fully saturated rings. The largest absolute Gasteiger partial charge is 0.508 e. The molecular formula is C14H19NO3. The number of rotatable bonds is 4. The lowest BCUT2D eigenvalue weighted by atomic mass is 10.1. The predicted octanol–water partition coefficient (Wildman–Crippen LogP) is 2.70. The van der Waals surface area contributed by atoms with Crippen LogP contribution in [-0.2, 0) is 4.79 Å². The molecule has 1 aromatic carbocycles. The maximum atomic E-state index is 12.3. The highest BCUT2D eigenvalue weighted by Crippen LogP contribution is 2.37. The Bertz CT molecular complexity index is 445. The number of anilines is 1. The number of hydrogen-bond acceptors (Lipinski definition) is 3. The van der Waals surface area contributed by atoms with Gasteiger partial charge in [0.15, 0.2) is 6.10 Å². The average molecular weight is 249 g/mol. The molecule has 0 saturated carbocycles. The van der Waals surface area contributed by atoms with Gasteiger partial charge >= 0.3 is 0 Å². The van der Waals surface area contributed by atoms with Crippen molar-refractivity contribution in [1.82, 2.24) is 0 Å². The summed E-state index contributed by atoms with van der Waals surface area (Å²) in [5.74, 6) is 0.820. The molecule has 0 spiro atoms. The third-order valence-corrected chi connectivity index (χ3v) is 3.15. The van der Waals surface area contributed by atoms with E-state index in [1.807, 2.05) is 6.92 Å². The van der Waals surface area contributed by atoms with Gasteiger partial charge in [-0.1, -0.05) is 20.3 Å². The average Bonchev–Trinajstić information content (AvgIpc) is 2.37. The van der Waals surface area contributed by atoms with E-state index in [1.165, 1.54) is 0 Å². The van der Waals surface area contributed by atoms with Gasteiger partial charge in [-0.15, -0.1) is 0 Å². The summed E-state index contributed by atoms with van der Waals surface area (Å²) in [6.07, 6.45) is 2.22. The molecule has 1 aliphatic rings.